The minimum absolute atomic E-state index is 0.0471. The number of aryl methyl sites for hydroxylation is 1. The minimum Gasteiger partial charge on any atom is -0.507 e. The number of likely N-dealkylation sites (tertiary alicyclic amines) is 1. The van der Waals surface area contributed by atoms with Crippen molar-refractivity contribution in [3.63, 3.8) is 0 Å². The fraction of sp³-hybridized carbons (Fsp3) is 0.381. The van der Waals surface area contributed by atoms with Crippen molar-refractivity contribution in [2.45, 2.75) is 71.2 Å². The number of rotatable bonds is 12. The molecule has 0 radical (unpaired) electrons. The number of benzene rings is 2. The molecule has 6 heterocycles. The maximum Gasteiger partial charge on any atom is 0.254 e. The molecular weight excluding hydrogens is 745 g/mol. The molecule has 4 aromatic heterocycles. The number of carbonyl (C=O) groups is 2. The van der Waals surface area contributed by atoms with Crippen molar-refractivity contribution in [1.29, 1.82) is 0 Å². The number of ether oxygens (including phenoxy) is 1. The van der Waals surface area contributed by atoms with Gasteiger partial charge in [-0.2, -0.15) is 0 Å². The van der Waals surface area contributed by atoms with Crippen molar-refractivity contribution in [1.82, 2.24) is 40.4 Å². The molecule has 2 amide bonds. The van der Waals surface area contributed by atoms with Crippen LogP contribution in [0.1, 0.15) is 67.4 Å². The van der Waals surface area contributed by atoms with Crippen molar-refractivity contribution >= 4 is 34.2 Å². The number of phenolic OH excluding ortho intramolecular Hbond substituents is 1. The lowest BCUT2D eigenvalue weighted by Gasteiger charge is -2.29. The van der Waals surface area contributed by atoms with Crippen LogP contribution in [0, 0.1) is 12.8 Å². The second kappa shape index (κ2) is 16.1. The molecule has 0 bridgehead atoms. The molecular formula is C42H46N8O6S. The third kappa shape index (κ3) is 7.87. The van der Waals surface area contributed by atoms with Crippen molar-refractivity contribution < 1.29 is 29.1 Å². The largest absolute Gasteiger partial charge is 0.507 e. The molecule has 2 aliphatic rings. The normalized spacial score (nSPS) is 18.2. The standard InChI is InChI=1S/C42H46N8O6S/c1-23(2)38(42(54)50-20-28(51)17-34(50)41(53)44-24(3)26-9-11-27(12-10-26)39-25(4)43-22-57-39)36-19-37(48-56-36)55-16-15-49-14-13-32-31(21-49)30-18-33(46-47-40(30)45-32)29-7-5-6-8-35(29)52/h5-12,18-19,22-24,28,34,38,51-52H,13-17,20-21H2,1-4H3,(H,44,53)(H,45,47)/t24-,28+,34-,38+/m0/s1. The number of aromatic nitrogens is 5. The number of para-hydroxylation sites is 1. The van der Waals surface area contributed by atoms with Gasteiger partial charge in [0.15, 0.2) is 11.4 Å². The summed E-state index contributed by atoms with van der Waals surface area (Å²) in [5.74, 6) is -0.768. The van der Waals surface area contributed by atoms with Crippen LogP contribution < -0.4 is 10.1 Å². The van der Waals surface area contributed by atoms with Gasteiger partial charge in [-0.3, -0.25) is 14.5 Å². The van der Waals surface area contributed by atoms with E-state index in [4.69, 9.17) is 9.26 Å². The van der Waals surface area contributed by atoms with Crippen molar-refractivity contribution in [3.8, 4) is 33.3 Å². The van der Waals surface area contributed by atoms with E-state index in [0.717, 1.165) is 57.0 Å². The number of hydrogen-bond acceptors (Lipinski definition) is 12. The Balaban J connectivity index is 0.884. The van der Waals surface area contributed by atoms with Crippen molar-refractivity contribution in [2.75, 3.05) is 26.2 Å². The van der Waals surface area contributed by atoms with E-state index in [2.05, 4.69) is 35.5 Å². The molecule has 15 heteroatoms. The van der Waals surface area contributed by atoms with Crippen LogP contribution in [0.5, 0.6) is 11.6 Å². The second-order valence-corrected chi connectivity index (χ2v) is 16.1. The lowest BCUT2D eigenvalue weighted by atomic mass is 9.91. The van der Waals surface area contributed by atoms with Gasteiger partial charge >= 0.3 is 0 Å². The summed E-state index contributed by atoms with van der Waals surface area (Å²) < 4.78 is 11.7. The molecule has 8 rings (SSSR count). The van der Waals surface area contributed by atoms with Gasteiger partial charge in [0, 0.05) is 61.7 Å². The lowest BCUT2D eigenvalue weighted by Crippen LogP contribution is -2.48. The highest BCUT2D eigenvalue weighted by Gasteiger charge is 2.43. The Kier molecular flexibility index (Phi) is 10.8. The first kappa shape index (κ1) is 38.2. The quantitative estimate of drug-likeness (QED) is 0.118. The number of nitrogens with one attached hydrogen (secondary N) is 2. The maximum absolute atomic E-state index is 14.2. The van der Waals surface area contributed by atoms with Gasteiger partial charge < -0.3 is 34.7 Å². The van der Waals surface area contributed by atoms with Crippen molar-refractivity contribution in [3.05, 3.63) is 94.4 Å². The highest BCUT2D eigenvalue weighted by Crippen LogP contribution is 2.35. The Morgan fingerprint density at radius 1 is 1.11 bits per heavy atom. The van der Waals surface area contributed by atoms with Crippen LogP contribution in [-0.2, 0) is 22.6 Å². The van der Waals surface area contributed by atoms with Crippen LogP contribution >= 0.6 is 11.3 Å². The van der Waals surface area contributed by atoms with Gasteiger partial charge in [0.25, 0.3) is 5.88 Å². The molecule has 2 aliphatic heterocycles. The van der Waals surface area contributed by atoms with Gasteiger partial charge in [0.1, 0.15) is 24.3 Å². The first-order chi connectivity index (χ1) is 27.5. The van der Waals surface area contributed by atoms with E-state index in [1.54, 1.807) is 29.5 Å². The summed E-state index contributed by atoms with van der Waals surface area (Å²) in [6.45, 7) is 10.3. The van der Waals surface area contributed by atoms with Crippen LogP contribution in [0.15, 0.2) is 70.7 Å². The van der Waals surface area contributed by atoms with E-state index in [-0.39, 0.29) is 48.4 Å². The Hall–Kier alpha value is -5.64. The number of amides is 2. The highest BCUT2D eigenvalue weighted by molar-refractivity contribution is 7.13. The van der Waals surface area contributed by atoms with Crippen LogP contribution in [0.25, 0.3) is 32.7 Å². The van der Waals surface area contributed by atoms with E-state index in [9.17, 15) is 19.8 Å². The average Bonchev–Trinajstić information content (AvgIpc) is 4.01. The van der Waals surface area contributed by atoms with E-state index < -0.39 is 18.1 Å². The average molecular weight is 791 g/mol. The number of aliphatic hydroxyl groups excluding tert-OH is 1. The first-order valence-corrected chi connectivity index (χ1v) is 20.2. The smallest absolute Gasteiger partial charge is 0.254 e. The summed E-state index contributed by atoms with van der Waals surface area (Å²) in [5, 5.41) is 38.0. The third-order valence-corrected chi connectivity index (χ3v) is 12.0. The molecule has 4 atom stereocenters. The zero-order chi connectivity index (χ0) is 39.8. The molecule has 4 N–H and O–H groups in total. The van der Waals surface area contributed by atoms with Crippen LogP contribution in [-0.4, -0.2) is 95.5 Å². The van der Waals surface area contributed by atoms with Crippen molar-refractivity contribution in [2.24, 2.45) is 5.92 Å². The van der Waals surface area contributed by atoms with Crippen LogP contribution in [0.4, 0.5) is 0 Å². The Labute approximate surface area is 333 Å². The molecule has 0 aliphatic carbocycles. The van der Waals surface area contributed by atoms with E-state index >= 15 is 0 Å². The van der Waals surface area contributed by atoms with E-state index in [0.29, 0.717) is 36.7 Å². The number of aromatic amines is 1. The molecule has 0 unspecified atom stereocenters. The lowest BCUT2D eigenvalue weighted by molar-refractivity contribution is -0.141. The fourth-order valence-electron chi connectivity index (χ4n) is 7.96. The molecule has 1 saturated heterocycles. The predicted molar refractivity (Wildman–Crippen MR) is 215 cm³/mol. The molecule has 0 spiro atoms. The van der Waals surface area contributed by atoms with Crippen LogP contribution in [0.3, 0.4) is 0 Å². The molecule has 0 saturated carbocycles. The Bertz CT molecular complexity index is 2390. The summed E-state index contributed by atoms with van der Waals surface area (Å²) in [6, 6.07) is 17.6. The monoisotopic (exact) mass is 790 g/mol. The zero-order valence-corrected chi connectivity index (χ0v) is 33.1. The van der Waals surface area contributed by atoms with Gasteiger partial charge in [-0.25, -0.2) is 4.98 Å². The molecule has 296 valence electrons. The topological polar surface area (TPSA) is 183 Å². The third-order valence-electron chi connectivity index (χ3n) is 11.0. The number of aliphatic hydroxyl groups is 1. The fourth-order valence-corrected chi connectivity index (χ4v) is 8.77. The Morgan fingerprint density at radius 2 is 1.91 bits per heavy atom. The summed E-state index contributed by atoms with van der Waals surface area (Å²) in [5.41, 5.74) is 9.03. The highest BCUT2D eigenvalue weighted by atomic mass is 32.1. The first-order valence-electron chi connectivity index (χ1n) is 19.3. The number of fused-ring (bicyclic) bond motifs is 3. The SMILES string of the molecule is Cc1ncsc1-c1ccc([C@H](C)NC(=O)[C@@H]2C[C@@H](O)CN2C(=O)[C@@H](c2cc(OCCN3CCc4[nH]c5nnc(-c6ccccc6O)cc5c4C3)no2)C(C)C)cc1. The summed E-state index contributed by atoms with van der Waals surface area (Å²) in [6.07, 6.45) is 0.129. The van der Waals surface area contributed by atoms with Gasteiger partial charge in [-0.1, -0.05) is 50.2 Å². The molecule has 57 heavy (non-hydrogen) atoms. The van der Waals surface area contributed by atoms with Crippen LogP contribution in [0.2, 0.25) is 0 Å². The van der Waals surface area contributed by atoms with Gasteiger partial charge in [0.2, 0.25) is 11.8 Å². The summed E-state index contributed by atoms with van der Waals surface area (Å²) >= 11 is 1.59. The second-order valence-electron chi connectivity index (χ2n) is 15.3. The minimum atomic E-state index is -0.833. The number of phenols is 1. The molecule has 2 aromatic carbocycles. The van der Waals surface area contributed by atoms with Gasteiger partial charge in [0.05, 0.1) is 33.9 Å². The van der Waals surface area contributed by atoms with E-state index in [1.165, 1.54) is 4.90 Å². The van der Waals surface area contributed by atoms with Gasteiger partial charge in [-0.05, 0) is 59.8 Å². The predicted octanol–water partition coefficient (Wildman–Crippen LogP) is 5.77. The maximum atomic E-state index is 14.2. The number of β-amino-alcohol motifs (C(OH)–C–C–N with tert-alkyl or cyclic N) is 1. The number of nitrogens with zero attached hydrogens (tertiary/aromatic N) is 6. The number of H-pyrrole nitrogens is 1. The zero-order valence-electron chi connectivity index (χ0n) is 32.3. The number of hydrogen-bond donors (Lipinski definition) is 4. The van der Waals surface area contributed by atoms with E-state index in [1.807, 2.05) is 75.7 Å². The van der Waals surface area contributed by atoms with Gasteiger partial charge in [-0.15, -0.1) is 21.5 Å². The Morgan fingerprint density at radius 3 is 2.67 bits per heavy atom. The number of aromatic hydroxyl groups is 1. The number of carbonyl (C=O) groups excluding carboxylic acids is 2. The molecule has 6 aromatic rings. The molecule has 1 fully saturated rings. The molecule has 14 nitrogen and oxygen atoms in total. The number of thiazole rings is 1. The summed E-state index contributed by atoms with van der Waals surface area (Å²) in [7, 11) is 0. The summed E-state index contributed by atoms with van der Waals surface area (Å²) in [4.78, 5) is 40.5.